The first-order valence-corrected chi connectivity index (χ1v) is 28.3. The highest BCUT2D eigenvalue weighted by molar-refractivity contribution is 5.77. The van der Waals surface area contributed by atoms with Crippen LogP contribution in [0.3, 0.4) is 0 Å². The lowest BCUT2D eigenvalue weighted by Crippen LogP contribution is -2.46. The second kappa shape index (κ2) is 54.0. The van der Waals surface area contributed by atoms with E-state index in [1.54, 1.807) is 0 Å². The lowest BCUT2D eigenvalue weighted by atomic mass is 10.0. The van der Waals surface area contributed by atoms with E-state index in [1.807, 2.05) is 0 Å². The van der Waals surface area contributed by atoms with Gasteiger partial charge in [0.25, 0.3) is 0 Å². The second-order valence-electron chi connectivity index (χ2n) is 19.0. The summed E-state index contributed by atoms with van der Waals surface area (Å²) in [5.41, 5.74) is 0. The molecule has 0 aliphatic rings. The third kappa shape index (κ3) is 49.3. The summed E-state index contributed by atoms with van der Waals surface area (Å²) in [4.78, 5) is 26.2. The number of aliphatic hydroxyl groups is 2. The van der Waals surface area contributed by atoms with Crippen molar-refractivity contribution in [2.45, 2.75) is 283 Å². The highest BCUT2D eigenvalue weighted by Gasteiger charge is 2.24. The van der Waals surface area contributed by atoms with Crippen LogP contribution in [0.25, 0.3) is 0 Å². The number of nitrogens with one attached hydrogen (secondary N) is 1. The smallest absolute Gasteiger partial charge is 0.306 e. The first kappa shape index (κ1) is 64.0. The SMILES string of the molecule is CCCCC/C=C\C/C=C\C/C=C\C/C=C\CCCCCC(=O)OC(CCCCC/C=C/C=C/C=C/CCCCCCC)CC(=O)NC(CO)C(O)CCCCCCCCCCCCCCC. The van der Waals surface area contributed by atoms with E-state index in [0.29, 0.717) is 19.3 Å². The molecule has 0 heterocycles. The maximum atomic E-state index is 13.3. The van der Waals surface area contributed by atoms with Crippen molar-refractivity contribution in [1.29, 1.82) is 0 Å². The van der Waals surface area contributed by atoms with Crippen molar-refractivity contribution in [2.24, 2.45) is 0 Å². The van der Waals surface area contributed by atoms with Gasteiger partial charge in [0.1, 0.15) is 6.10 Å². The number of amides is 1. The molecule has 0 aliphatic heterocycles. The first-order valence-electron chi connectivity index (χ1n) is 28.3. The van der Waals surface area contributed by atoms with E-state index in [9.17, 15) is 19.8 Å². The summed E-state index contributed by atoms with van der Waals surface area (Å²) >= 11 is 0. The monoisotopic (exact) mass is 934 g/mol. The number of aliphatic hydroxyl groups excluding tert-OH is 2. The van der Waals surface area contributed by atoms with Gasteiger partial charge in [-0.25, -0.2) is 0 Å². The van der Waals surface area contributed by atoms with Crippen LogP contribution in [-0.4, -0.2) is 46.9 Å². The molecule has 386 valence electrons. The number of rotatable bonds is 50. The van der Waals surface area contributed by atoms with Crippen LogP contribution in [0.4, 0.5) is 0 Å². The summed E-state index contributed by atoms with van der Waals surface area (Å²) in [5.74, 6) is -0.544. The van der Waals surface area contributed by atoms with Gasteiger partial charge >= 0.3 is 5.97 Å². The maximum absolute atomic E-state index is 13.3. The van der Waals surface area contributed by atoms with Crippen LogP contribution >= 0.6 is 0 Å². The van der Waals surface area contributed by atoms with Gasteiger partial charge in [0.15, 0.2) is 0 Å². The van der Waals surface area contributed by atoms with Gasteiger partial charge in [-0.2, -0.15) is 0 Å². The zero-order chi connectivity index (χ0) is 48.8. The molecule has 6 nitrogen and oxygen atoms in total. The fraction of sp³-hybridized carbons (Fsp3) is 0.738. The van der Waals surface area contributed by atoms with E-state index in [2.05, 4.69) is 111 Å². The van der Waals surface area contributed by atoms with Crippen LogP contribution in [0, 0.1) is 0 Å². The Labute approximate surface area is 414 Å². The molecule has 0 saturated heterocycles. The number of esters is 1. The summed E-state index contributed by atoms with van der Waals surface area (Å²) in [6.07, 6.45) is 70.7. The molecule has 0 radical (unpaired) electrons. The van der Waals surface area contributed by atoms with Gasteiger partial charge in [-0.1, -0.05) is 241 Å². The topological polar surface area (TPSA) is 95.9 Å². The van der Waals surface area contributed by atoms with Gasteiger partial charge < -0.3 is 20.3 Å². The fourth-order valence-electron chi connectivity index (χ4n) is 8.18. The number of ether oxygens (including phenoxy) is 1. The Balaban J connectivity index is 4.71. The largest absolute Gasteiger partial charge is 0.462 e. The highest BCUT2D eigenvalue weighted by atomic mass is 16.5. The van der Waals surface area contributed by atoms with Crippen molar-refractivity contribution in [2.75, 3.05) is 6.61 Å². The van der Waals surface area contributed by atoms with E-state index in [1.165, 1.54) is 122 Å². The number of unbranched alkanes of at least 4 members (excludes halogenated alkanes) is 26. The molecule has 3 atom stereocenters. The summed E-state index contributed by atoms with van der Waals surface area (Å²) in [5, 5.41) is 23.8. The lowest BCUT2D eigenvalue weighted by Gasteiger charge is -2.24. The number of carbonyl (C=O) groups excluding carboxylic acids is 2. The van der Waals surface area contributed by atoms with E-state index in [-0.39, 0.29) is 24.9 Å². The average molecular weight is 935 g/mol. The zero-order valence-electron chi connectivity index (χ0n) is 44.0. The van der Waals surface area contributed by atoms with E-state index >= 15 is 0 Å². The Morgan fingerprint density at radius 2 is 0.821 bits per heavy atom. The summed E-state index contributed by atoms with van der Waals surface area (Å²) in [6, 6.07) is -0.724. The molecule has 0 aromatic heterocycles. The summed E-state index contributed by atoms with van der Waals surface area (Å²) in [6.45, 7) is 6.43. The Morgan fingerprint density at radius 1 is 0.448 bits per heavy atom. The van der Waals surface area contributed by atoms with Crippen LogP contribution in [0.2, 0.25) is 0 Å². The van der Waals surface area contributed by atoms with Gasteiger partial charge in [-0.15, -0.1) is 0 Å². The van der Waals surface area contributed by atoms with E-state index in [0.717, 1.165) is 96.3 Å². The second-order valence-corrected chi connectivity index (χ2v) is 19.0. The van der Waals surface area contributed by atoms with Gasteiger partial charge in [0.05, 0.1) is 25.2 Å². The normalized spacial score (nSPS) is 13.8. The van der Waals surface area contributed by atoms with Gasteiger partial charge in [0, 0.05) is 6.42 Å². The molecular weight excluding hydrogens is 827 g/mol. The van der Waals surface area contributed by atoms with Crippen LogP contribution in [0.15, 0.2) is 85.1 Å². The minimum Gasteiger partial charge on any atom is -0.462 e. The molecule has 6 heteroatoms. The Hall–Kier alpha value is -2.96. The Bertz CT molecular complexity index is 1280. The Kier molecular flexibility index (Phi) is 51.6. The molecule has 0 spiro atoms. The van der Waals surface area contributed by atoms with E-state index < -0.39 is 18.2 Å². The molecule has 0 aromatic carbocycles. The average Bonchev–Trinajstić information content (AvgIpc) is 3.32. The van der Waals surface area contributed by atoms with Crippen LogP contribution in [0.1, 0.15) is 265 Å². The van der Waals surface area contributed by atoms with Crippen molar-refractivity contribution in [3.8, 4) is 0 Å². The van der Waals surface area contributed by atoms with Crippen LogP contribution < -0.4 is 5.32 Å². The fourth-order valence-corrected chi connectivity index (χ4v) is 8.18. The maximum Gasteiger partial charge on any atom is 0.306 e. The Morgan fingerprint density at radius 3 is 1.31 bits per heavy atom. The molecule has 0 saturated carbocycles. The molecule has 0 rings (SSSR count). The lowest BCUT2D eigenvalue weighted by molar-refractivity contribution is -0.151. The standard InChI is InChI=1S/C61H107NO5/c1-4-7-10-13-16-19-22-25-27-29-30-31-33-36-39-42-45-48-51-54-61(66)67-57(52-49-46-43-40-37-35-32-28-26-23-20-17-14-11-8-5-2)55-60(65)62-58(56-63)59(64)53-50-47-44-41-38-34-24-21-18-15-12-9-6-3/h16,19,23,25-28,30-32,35-37,39,57-59,63-64H,4-15,17-18,20-22,24,29,33-34,38,40-56H2,1-3H3,(H,62,65)/b19-16-,26-23+,27-25-,31-30-,32-28+,37-35+,39-36-. The predicted octanol–water partition coefficient (Wildman–Crippen LogP) is 17.5. The molecule has 0 aliphatic carbocycles. The number of hydrogen-bond acceptors (Lipinski definition) is 5. The molecule has 0 aromatic rings. The summed E-state index contributed by atoms with van der Waals surface area (Å²) < 4.78 is 5.93. The minimum atomic E-state index is -0.807. The number of allylic oxidation sites excluding steroid dienone is 14. The van der Waals surface area contributed by atoms with Crippen LogP contribution in [-0.2, 0) is 14.3 Å². The quantitative estimate of drug-likeness (QED) is 0.0244. The van der Waals surface area contributed by atoms with Crippen molar-refractivity contribution in [3.05, 3.63) is 85.1 Å². The summed E-state index contributed by atoms with van der Waals surface area (Å²) in [7, 11) is 0. The van der Waals surface area contributed by atoms with Gasteiger partial charge in [-0.3, -0.25) is 9.59 Å². The number of hydrogen-bond donors (Lipinski definition) is 3. The molecule has 3 N–H and O–H groups in total. The van der Waals surface area contributed by atoms with Crippen molar-refractivity contribution < 1.29 is 24.5 Å². The first-order chi connectivity index (χ1) is 33.0. The molecule has 0 fully saturated rings. The molecular formula is C61H107NO5. The molecule has 67 heavy (non-hydrogen) atoms. The highest BCUT2D eigenvalue weighted by Crippen LogP contribution is 2.17. The van der Waals surface area contributed by atoms with Gasteiger partial charge in [0.2, 0.25) is 5.91 Å². The van der Waals surface area contributed by atoms with Crippen molar-refractivity contribution in [1.82, 2.24) is 5.32 Å². The van der Waals surface area contributed by atoms with Crippen molar-refractivity contribution >= 4 is 11.9 Å². The van der Waals surface area contributed by atoms with Crippen LogP contribution in [0.5, 0.6) is 0 Å². The van der Waals surface area contributed by atoms with E-state index in [4.69, 9.17) is 4.74 Å². The third-order valence-corrected chi connectivity index (χ3v) is 12.5. The molecule has 0 bridgehead atoms. The molecule has 1 amide bonds. The van der Waals surface area contributed by atoms with Crippen molar-refractivity contribution in [3.63, 3.8) is 0 Å². The third-order valence-electron chi connectivity index (χ3n) is 12.5. The zero-order valence-corrected chi connectivity index (χ0v) is 44.0. The molecule has 3 unspecified atom stereocenters. The minimum absolute atomic E-state index is 0.0384. The number of carbonyl (C=O) groups is 2. The van der Waals surface area contributed by atoms with Gasteiger partial charge in [-0.05, 0) is 96.3 Å². The predicted molar refractivity (Wildman–Crippen MR) is 291 cm³/mol.